The lowest BCUT2D eigenvalue weighted by molar-refractivity contribution is -0.285. The molecule has 0 saturated heterocycles. The number of ether oxygens (including phenoxy) is 4. The molecule has 30 heavy (non-hydrogen) atoms. The van der Waals surface area contributed by atoms with Crippen LogP contribution in [0.5, 0.6) is 17.2 Å². The number of benzene rings is 1. The normalized spacial score (nSPS) is 36.2. The van der Waals surface area contributed by atoms with Crippen molar-refractivity contribution in [3.63, 3.8) is 0 Å². The van der Waals surface area contributed by atoms with Gasteiger partial charge in [-0.2, -0.15) is 0 Å². The molecule has 4 unspecified atom stereocenters. The first kappa shape index (κ1) is 23.1. The Balaban J connectivity index is 2.11. The zero-order chi connectivity index (χ0) is 22.1. The molecule has 1 aromatic carbocycles. The summed E-state index contributed by atoms with van der Waals surface area (Å²) >= 11 is 0. The molecule has 8 heteroatoms. The third-order valence-corrected chi connectivity index (χ3v) is 7.26. The van der Waals surface area contributed by atoms with Crippen molar-refractivity contribution in [2.24, 2.45) is 23.7 Å². The predicted octanol–water partition coefficient (Wildman–Crippen LogP) is 1.49. The Morgan fingerprint density at radius 1 is 1.00 bits per heavy atom. The lowest BCUT2D eigenvalue weighted by Crippen LogP contribution is -2.56. The van der Waals surface area contributed by atoms with Gasteiger partial charge < -0.3 is 39.4 Å². The van der Waals surface area contributed by atoms with Crippen molar-refractivity contribution in [1.29, 1.82) is 0 Å². The average Bonchev–Trinajstić information content (AvgIpc) is 2.77. The number of aliphatic hydroxyl groups is 3. The van der Waals surface area contributed by atoms with Gasteiger partial charge in [0.2, 0.25) is 5.75 Å². The highest BCUT2D eigenvalue weighted by atomic mass is 16.6. The van der Waals surface area contributed by atoms with Gasteiger partial charge >= 0.3 is 0 Å². The molecule has 0 bridgehead atoms. The monoisotopic (exact) mass is 426 g/mol. The molecule has 2 fully saturated rings. The maximum atomic E-state index is 11.1. The number of rotatable bonds is 7. The van der Waals surface area contributed by atoms with Crippen molar-refractivity contribution in [1.82, 2.24) is 0 Å². The van der Waals surface area contributed by atoms with Crippen LogP contribution in [0.4, 0.5) is 0 Å². The highest BCUT2D eigenvalue weighted by molar-refractivity contribution is 5.53. The number of aliphatic hydroxyl groups excluding tert-OH is 2. The molecule has 2 aliphatic rings. The van der Waals surface area contributed by atoms with Gasteiger partial charge in [-0.25, -0.2) is 0 Å². The van der Waals surface area contributed by atoms with E-state index < -0.39 is 11.9 Å². The van der Waals surface area contributed by atoms with Gasteiger partial charge in [0, 0.05) is 33.9 Å². The first-order chi connectivity index (χ1) is 14.4. The summed E-state index contributed by atoms with van der Waals surface area (Å²) in [6, 6.07) is 3.49. The summed E-state index contributed by atoms with van der Waals surface area (Å²) in [5.41, 5.74) is 0.822. The molecule has 0 aliphatic heterocycles. The van der Waals surface area contributed by atoms with Crippen molar-refractivity contribution in [3.8, 4) is 17.2 Å². The lowest BCUT2D eigenvalue weighted by atomic mass is 9.55. The fourth-order valence-electron chi connectivity index (χ4n) is 5.70. The minimum absolute atomic E-state index is 0.0275. The summed E-state index contributed by atoms with van der Waals surface area (Å²) in [6.45, 7) is -0.146. The third-order valence-electron chi connectivity index (χ3n) is 7.26. The Bertz CT molecular complexity index is 700. The summed E-state index contributed by atoms with van der Waals surface area (Å²) in [5.74, 6) is -1.37. The highest BCUT2D eigenvalue weighted by Crippen LogP contribution is 2.56. The van der Waals surface area contributed by atoms with Crippen LogP contribution in [-0.4, -0.2) is 74.0 Å². The molecule has 0 aromatic heterocycles. The molecule has 0 amide bonds. The summed E-state index contributed by atoms with van der Waals surface area (Å²) < 4.78 is 21.7. The second kappa shape index (κ2) is 9.28. The van der Waals surface area contributed by atoms with Gasteiger partial charge in [0.1, 0.15) is 6.10 Å². The summed E-state index contributed by atoms with van der Waals surface area (Å²) in [7, 11) is 5.97. The van der Waals surface area contributed by atoms with Crippen molar-refractivity contribution in [2.75, 3.05) is 41.7 Å². The number of hydrogen-bond donors (Lipinski definition) is 4. The van der Waals surface area contributed by atoms with Crippen LogP contribution < -0.4 is 9.47 Å². The van der Waals surface area contributed by atoms with Crippen LogP contribution in [0.3, 0.4) is 0 Å². The van der Waals surface area contributed by atoms with E-state index in [1.807, 2.05) is 0 Å². The van der Waals surface area contributed by atoms with Crippen LogP contribution in [0.2, 0.25) is 0 Å². The third kappa shape index (κ3) is 3.87. The molecule has 7 atom stereocenters. The Hall–Kier alpha value is -1.58. The second-order valence-corrected chi connectivity index (χ2v) is 8.46. The first-order valence-electron chi connectivity index (χ1n) is 10.3. The molecule has 4 N–H and O–H groups in total. The molecular weight excluding hydrogens is 392 g/mol. The number of phenolic OH excluding ortho intramolecular Hbond substituents is 1. The molecule has 1 aromatic rings. The Kier molecular flexibility index (Phi) is 7.14. The van der Waals surface area contributed by atoms with Crippen LogP contribution in [-0.2, 0) is 9.47 Å². The van der Waals surface area contributed by atoms with Crippen molar-refractivity contribution in [2.45, 2.75) is 37.1 Å². The maximum absolute atomic E-state index is 11.1. The number of methoxy groups -OCH3 is 4. The maximum Gasteiger partial charge on any atom is 0.200 e. The summed E-state index contributed by atoms with van der Waals surface area (Å²) in [6.07, 6.45) is 1.17. The molecular formula is C22H34O8. The first-order valence-corrected chi connectivity index (χ1v) is 10.3. The zero-order valence-electron chi connectivity index (χ0n) is 18.1. The molecule has 3 rings (SSSR count). The van der Waals surface area contributed by atoms with Gasteiger partial charge in [0.15, 0.2) is 17.3 Å². The largest absolute Gasteiger partial charge is 0.502 e. The molecule has 2 saturated carbocycles. The molecule has 2 aliphatic carbocycles. The van der Waals surface area contributed by atoms with Crippen molar-refractivity contribution < 1.29 is 39.4 Å². The summed E-state index contributed by atoms with van der Waals surface area (Å²) in [4.78, 5) is 0. The lowest BCUT2D eigenvalue weighted by Gasteiger charge is -2.54. The Morgan fingerprint density at radius 3 is 2.10 bits per heavy atom. The minimum Gasteiger partial charge on any atom is -0.502 e. The van der Waals surface area contributed by atoms with Crippen LogP contribution in [0.25, 0.3) is 0 Å². The van der Waals surface area contributed by atoms with Crippen molar-refractivity contribution in [3.05, 3.63) is 17.7 Å². The van der Waals surface area contributed by atoms with E-state index in [0.717, 1.165) is 12.0 Å². The highest BCUT2D eigenvalue weighted by Gasteiger charge is 2.54. The standard InChI is InChI=1S/C22H34O8/c1-27-17-6-13(7-18(28-2)21(17)25)20-15-9-22(26,30-4)19(29-3)8-12(15)5-14(10-23)16(20)11-24/h6-7,12,14-16,19-20,23-26H,5,8-11H2,1-4H3/t12?,14-,15?,16-,19?,20-,22?/m1/s1. The van der Waals surface area contributed by atoms with Gasteiger partial charge in [-0.3, -0.25) is 0 Å². The topological polar surface area (TPSA) is 118 Å². The van der Waals surface area contributed by atoms with Gasteiger partial charge in [-0.1, -0.05) is 0 Å². The summed E-state index contributed by atoms with van der Waals surface area (Å²) in [5, 5.41) is 41.8. The Morgan fingerprint density at radius 2 is 1.63 bits per heavy atom. The molecule has 8 nitrogen and oxygen atoms in total. The fraction of sp³-hybridized carbons (Fsp3) is 0.727. The van der Waals surface area contributed by atoms with E-state index in [2.05, 4.69) is 0 Å². The van der Waals surface area contributed by atoms with E-state index in [1.54, 1.807) is 19.2 Å². The molecule has 0 heterocycles. The second-order valence-electron chi connectivity index (χ2n) is 8.46. The molecule has 0 radical (unpaired) electrons. The zero-order valence-corrected chi connectivity index (χ0v) is 18.1. The SMILES string of the molecule is COc1cc([C@@H]2C3CC(O)(OC)C(OC)CC3C[C@H](CO)[C@H]2CO)cc(OC)c1O. The van der Waals surface area contributed by atoms with Crippen LogP contribution >= 0.6 is 0 Å². The number of hydrogen-bond acceptors (Lipinski definition) is 8. The van der Waals surface area contributed by atoms with E-state index in [-0.39, 0.29) is 60.1 Å². The van der Waals surface area contributed by atoms with E-state index in [4.69, 9.17) is 18.9 Å². The number of aromatic hydroxyl groups is 1. The van der Waals surface area contributed by atoms with Crippen LogP contribution in [0, 0.1) is 23.7 Å². The Labute approximate surface area is 177 Å². The predicted molar refractivity (Wildman–Crippen MR) is 109 cm³/mol. The fourth-order valence-corrected chi connectivity index (χ4v) is 5.70. The van der Waals surface area contributed by atoms with Gasteiger partial charge in [0.25, 0.3) is 0 Å². The van der Waals surface area contributed by atoms with Crippen LogP contribution in [0.1, 0.15) is 30.7 Å². The van der Waals surface area contributed by atoms with Gasteiger partial charge in [-0.05, 0) is 60.1 Å². The van der Waals surface area contributed by atoms with E-state index in [0.29, 0.717) is 12.8 Å². The van der Waals surface area contributed by atoms with E-state index in [9.17, 15) is 20.4 Å². The molecule has 170 valence electrons. The van der Waals surface area contributed by atoms with Crippen LogP contribution in [0.15, 0.2) is 12.1 Å². The molecule has 0 spiro atoms. The number of fused-ring (bicyclic) bond motifs is 1. The van der Waals surface area contributed by atoms with Crippen molar-refractivity contribution >= 4 is 0 Å². The smallest absolute Gasteiger partial charge is 0.200 e. The average molecular weight is 427 g/mol. The van der Waals surface area contributed by atoms with Gasteiger partial charge in [-0.15, -0.1) is 0 Å². The minimum atomic E-state index is -1.44. The quantitative estimate of drug-likeness (QED) is 0.485. The number of phenols is 1. The van der Waals surface area contributed by atoms with Gasteiger partial charge in [0.05, 0.1) is 14.2 Å². The van der Waals surface area contributed by atoms with E-state index >= 15 is 0 Å². The van der Waals surface area contributed by atoms with E-state index in [1.165, 1.54) is 21.3 Å².